The minimum Gasteiger partial charge on any atom is -0.464 e. The van der Waals surface area contributed by atoms with E-state index in [0.29, 0.717) is 12.0 Å². The lowest BCUT2D eigenvalue weighted by Crippen LogP contribution is -2.42. The number of nitrogens with one attached hydrogen (secondary N) is 1. The number of carbonyl (C=O) groups is 2. The molecule has 5 nitrogen and oxygen atoms in total. The Morgan fingerprint density at radius 3 is 2.61 bits per heavy atom. The van der Waals surface area contributed by atoms with Gasteiger partial charge in [0.2, 0.25) is 6.41 Å². The van der Waals surface area contributed by atoms with Crippen LogP contribution in [0.15, 0.2) is 28.7 Å². The van der Waals surface area contributed by atoms with Crippen LogP contribution in [0.1, 0.15) is 18.6 Å². The van der Waals surface area contributed by atoms with Crippen molar-refractivity contribution in [3.8, 4) is 0 Å². The Morgan fingerprint density at radius 2 is 2.11 bits per heavy atom. The lowest BCUT2D eigenvalue weighted by atomic mass is 10.0. The minimum absolute atomic E-state index is 0.183. The zero-order valence-corrected chi connectivity index (χ0v) is 11.4. The van der Waals surface area contributed by atoms with Crippen LogP contribution in [-0.4, -0.2) is 30.1 Å². The summed E-state index contributed by atoms with van der Waals surface area (Å²) in [5.41, 5.74) is 0.519. The molecule has 0 aliphatic heterocycles. The first-order chi connectivity index (χ1) is 8.60. The van der Waals surface area contributed by atoms with Gasteiger partial charge in [0.15, 0.2) is 6.04 Å². The molecule has 0 saturated carbocycles. The highest BCUT2D eigenvalue weighted by atomic mass is 79.9. The van der Waals surface area contributed by atoms with Crippen molar-refractivity contribution >= 4 is 28.3 Å². The fraction of sp³-hybridized carbons (Fsp3) is 0.333. The van der Waals surface area contributed by atoms with Crippen molar-refractivity contribution in [2.24, 2.45) is 0 Å². The van der Waals surface area contributed by atoms with Gasteiger partial charge in [-0.15, -0.1) is 0 Å². The molecule has 1 amide bonds. The van der Waals surface area contributed by atoms with Crippen LogP contribution in [0.3, 0.4) is 0 Å². The van der Waals surface area contributed by atoms with Crippen LogP contribution in [0.25, 0.3) is 0 Å². The molecule has 2 N–H and O–H groups in total. The largest absolute Gasteiger partial charge is 0.464 e. The smallest absolute Gasteiger partial charge is 0.331 e. The molecule has 2 atom stereocenters. The quantitative estimate of drug-likeness (QED) is 0.610. The van der Waals surface area contributed by atoms with Gasteiger partial charge >= 0.3 is 5.97 Å². The average molecular weight is 316 g/mol. The lowest BCUT2D eigenvalue weighted by molar-refractivity contribution is -0.149. The van der Waals surface area contributed by atoms with Gasteiger partial charge < -0.3 is 15.2 Å². The SMILES string of the molecule is CCOC(=O)C(NC=O)C(O)c1ccc(Br)cc1. The molecule has 6 heteroatoms. The fourth-order valence-electron chi connectivity index (χ4n) is 1.45. The van der Waals surface area contributed by atoms with Crippen LogP contribution in [0.4, 0.5) is 0 Å². The number of esters is 1. The van der Waals surface area contributed by atoms with E-state index >= 15 is 0 Å². The average Bonchev–Trinajstić information content (AvgIpc) is 2.36. The molecule has 0 heterocycles. The topological polar surface area (TPSA) is 75.6 Å². The van der Waals surface area contributed by atoms with Crippen LogP contribution in [0.2, 0.25) is 0 Å². The molecule has 0 fully saturated rings. The predicted octanol–water partition coefficient (Wildman–Crippen LogP) is 1.16. The van der Waals surface area contributed by atoms with E-state index in [1.165, 1.54) is 0 Å². The first-order valence-electron chi connectivity index (χ1n) is 5.40. The molecule has 1 rings (SSSR count). The number of hydrogen-bond acceptors (Lipinski definition) is 4. The molecule has 0 saturated heterocycles. The molecule has 1 aromatic carbocycles. The first-order valence-corrected chi connectivity index (χ1v) is 6.19. The van der Waals surface area contributed by atoms with Crippen LogP contribution < -0.4 is 5.32 Å². The van der Waals surface area contributed by atoms with Crippen molar-refractivity contribution in [3.05, 3.63) is 34.3 Å². The van der Waals surface area contributed by atoms with Gasteiger partial charge in [0, 0.05) is 4.47 Å². The second kappa shape index (κ2) is 7.13. The van der Waals surface area contributed by atoms with E-state index in [4.69, 9.17) is 4.74 Å². The summed E-state index contributed by atoms with van der Waals surface area (Å²) in [6.07, 6.45) is -0.786. The van der Waals surface area contributed by atoms with Gasteiger partial charge in [0.1, 0.15) is 6.10 Å². The van der Waals surface area contributed by atoms with E-state index < -0.39 is 18.1 Å². The van der Waals surface area contributed by atoms with Crippen molar-refractivity contribution in [2.75, 3.05) is 6.61 Å². The van der Waals surface area contributed by atoms with Crippen LogP contribution in [-0.2, 0) is 14.3 Å². The molecular formula is C12H14BrNO4. The van der Waals surface area contributed by atoms with Crippen LogP contribution in [0.5, 0.6) is 0 Å². The number of aliphatic hydroxyl groups excluding tert-OH is 1. The molecule has 1 aromatic rings. The maximum Gasteiger partial charge on any atom is 0.331 e. The number of ether oxygens (including phenoxy) is 1. The van der Waals surface area contributed by atoms with E-state index in [9.17, 15) is 14.7 Å². The normalized spacial score (nSPS) is 13.5. The zero-order chi connectivity index (χ0) is 13.5. The molecule has 0 spiro atoms. The van der Waals surface area contributed by atoms with Gasteiger partial charge in [-0.3, -0.25) is 4.79 Å². The summed E-state index contributed by atoms with van der Waals surface area (Å²) >= 11 is 3.27. The highest BCUT2D eigenvalue weighted by molar-refractivity contribution is 9.10. The molecule has 98 valence electrons. The monoisotopic (exact) mass is 315 g/mol. The first kappa shape index (κ1) is 14.7. The van der Waals surface area contributed by atoms with Crippen molar-refractivity contribution in [3.63, 3.8) is 0 Å². The summed E-state index contributed by atoms with van der Waals surface area (Å²) in [4.78, 5) is 22.1. The molecule has 0 aromatic heterocycles. The summed E-state index contributed by atoms with van der Waals surface area (Å²) in [5, 5.41) is 12.3. The van der Waals surface area contributed by atoms with E-state index in [2.05, 4.69) is 21.2 Å². The van der Waals surface area contributed by atoms with Crippen molar-refractivity contribution in [1.29, 1.82) is 0 Å². The van der Waals surface area contributed by atoms with Gasteiger partial charge in [-0.25, -0.2) is 4.79 Å². The second-order valence-electron chi connectivity index (χ2n) is 3.51. The molecule has 18 heavy (non-hydrogen) atoms. The Morgan fingerprint density at radius 1 is 1.50 bits per heavy atom. The van der Waals surface area contributed by atoms with Gasteiger partial charge in [-0.1, -0.05) is 28.1 Å². The van der Waals surface area contributed by atoms with Crippen LogP contribution >= 0.6 is 15.9 Å². The number of halogens is 1. The number of carbonyl (C=O) groups excluding carboxylic acids is 2. The fourth-order valence-corrected chi connectivity index (χ4v) is 1.71. The molecule has 0 aliphatic rings. The number of amides is 1. The van der Waals surface area contributed by atoms with E-state index in [-0.39, 0.29) is 6.61 Å². The summed E-state index contributed by atoms with van der Waals surface area (Å²) in [7, 11) is 0. The second-order valence-corrected chi connectivity index (χ2v) is 4.43. The minimum atomic E-state index is -1.15. The number of benzene rings is 1. The molecule has 0 bridgehead atoms. The summed E-state index contributed by atoms with van der Waals surface area (Å²) in [5.74, 6) is -0.667. The highest BCUT2D eigenvalue weighted by Gasteiger charge is 2.28. The number of rotatable bonds is 6. The summed E-state index contributed by atoms with van der Waals surface area (Å²) in [6, 6.07) is 5.69. The van der Waals surface area contributed by atoms with Gasteiger partial charge in [0.05, 0.1) is 6.61 Å². The number of hydrogen-bond donors (Lipinski definition) is 2. The van der Waals surface area contributed by atoms with Crippen molar-refractivity contribution in [1.82, 2.24) is 5.32 Å². The highest BCUT2D eigenvalue weighted by Crippen LogP contribution is 2.20. The molecular weight excluding hydrogens is 302 g/mol. The van der Waals surface area contributed by atoms with E-state index in [1.54, 1.807) is 31.2 Å². The Balaban J connectivity index is 2.87. The Bertz CT molecular complexity index is 407. The lowest BCUT2D eigenvalue weighted by Gasteiger charge is -2.20. The maximum atomic E-state index is 11.6. The third-order valence-corrected chi connectivity index (χ3v) is 2.84. The van der Waals surface area contributed by atoms with Gasteiger partial charge in [-0.2, -0.15) is 0 Å². The third-order valence-electron chi connectivity index (χ3n) is 2.32. The molecule has 2 unspecified atom stereocenters. The van der Waals surface area contributed by atoms with Gasteiger partial charge in [0.25, 0.3) is 0 Å². The predicted molar refractivity (Wildman–Crippen MR) is 68.7 cm³/mol. The van der Waals surface area contributed by atoms with Crippen molar-refractivity contribution in [2.45, 2.75) is 19.1 Å². The maximum absolute atomic E-state index is 11.6. The number of aliphatic hydroxyl groups is 1. The Labute approximate surface area is 113 Å². The molecule has 0 radical (unpaired) electrons. The summed E-state index contributed by atoms with van der Waals surface area (Å²) < 4.78 is 5.65. The zero-order valence-electron chi connectivity index (χ0n) is 9.80. The van der Waals surface area contributed by atoms with E-state index in [0.717, 1.165) is 4.47 Å². The Hall–Kier alpha value is -1.40. The van der Waals surface area contributed by atoms with Crippen molar-refractivity contribution < 1.29 is 19.4 Å². The van der Waals surface area contributed by atoms with E-state index in [1.807, 2.05) is 0 Å². The standard InChI is InChI=1S/C12H14BrNO4/c1-2-18-12(17)10(14-7-15)11(16)8-3-5-9(13)6-4-8/h3-7,10-11,16H,2H2,1H3,(H,14,15). The third kappa shape index (κ3) is 3.82. The van der Waals surface area contributed by atoms with Gasteiger partial charge in [-0.05, 0) is 24.6 Å². The summed E-state index contributed by atoms with van der Waals surface area (Å²) in [6.45, 7) is 1.84. The Kier molecular flexibility index (Phi) is 5.80. The molecule has 0 aliphatic carbocycles. The van der Waals surface area contributed by atoms with Crippen LogP contribution in [0, 0.1) is 0 Å².